The van der Waals surface area contributed by atoms with Gasteiger partial charge in [0.05, 0.1) is 10.9 Å². The van der Waals surface area contributed by atoms with E-state index in [2.05, 4.69) is 49.8 Å². The number of ether oxygens (including phenoxy) is 1. The van der Waals surface area contributed by atoms with Crippen LogP contribution in [0.5, 0.6) is 0 Å². The molecule has 2 rings (SSSR count). The molecular formula is C14H25BrO4Si. The molecule has 0 aromatic rings. The fourth-order valence-electron chi connectivity index (χ4n) is 2.62. The summed E-state index contributed by atoms with van der Waals surface area (Å²) in [7, 11) is -2.01. The second-order valence-corrected chi connectivity index (χ2v) is 13.3. The van der Waals surface area contributed by atoms with Crippen LogP contribution in [0.4, 0.5) is 0 Å². The molecule has 0 amide bonds. The monoisotopic (exact) mass is 364 g/mol. The molecule has 116 valence electrons. The first-order valence-electron chi connectivity index (χ1n) is 7.25. The predicted octanol–water partition coefficient (Wildman–Crippen LogP) is 2.84. The van der Waals surface area contributed by atoms with Crippen LogP contribution in [0, 0.1) is 5.92 Å². The van der Waals surface area contributed by atoms with Gasteiger partial charge in [-0.3, -0.25) is 0 Å². The summed E-state index contributed by atoms with van der Waals surface area (Å²) >= 11 is 3.46. The van der Waals surface area contributed by atoms with Gasteiger partial charge in [0.25, 0.3) is 0 Å². The van der Waals surface area contributed by atoms with Crippen LogP contribution < -0.4 is 0 Å². The Kier molecular flexibility index (Phi) is 4.42. The van der Waals surface area contributed by atoms with E-state index in [9.17, 15) is 9.90 Å². The van der Waals surface area contributed by atoms with Crippen molar-refractivity contribution in [2.45, 2.75) is 74.9 Å². The molecule has 0 aromatic carbocycles. The Labute approximate surface area is 130 Å². The minimum absolute atomic E-state index is 0.0596. The number of esters is 1. The maximum absolute atomic E-state index is 12.2. The Morgan fingerprint density at radius 1 is 1.35 bits per heavy atom. The number of hydrogen-bond acceptors (Lipinski definition) is 4. The van der Waals surface area contributed by atoms with E-state index in [-0.39, 0.29) is 27.9 Å². The van der Waals surface area contributed by atoms with Crippen molar-refractivity contribution in [2.75, 3.05) is 0 Å². The van der Waals surface area contributed by atoms with Crippen molar-refractivity contribution in [2.24, 2.45) is 5.92 Å². The highest BCUT2D eigenvalue weighted by molar-refractivity contribution is 9.09. The third-order valence-electron chi connectivity index (χ3n) is 5.00. The van der Waals surface area contributed by atoms with Crippen LogP contribution in [-0.2, 0) is 14.0 Å². The molecule has 1 heterocycles. The minimum Gasteiger partial charge on any atom is -0.459 e. The topological polar surface area (TPSA) is 55.8 Å². The molecule has 0 unspecified atom stereocenters. The Hall–Kier alpha value is 0.0869. The predicted molar refractivity (Wildman–Crippen MR) is 83.4 cm³/mol. The Bertz CT molecular complexity index is 393. The third-order valence-corrected chi connectivity index (χ3v) is 10.6. The summed E-state index contributed by atoms with van der Waals surface area (Å²) in [6, 6.07) is 0. The van der Waals surface area contributed by atoms with E-state index < -0.39 is 20.5 Å². The van der Waals surface area contributed by atoms with Gasteiger partial charge in [-0.05, 0) is 31.0 Å². The molecule has 6 heteroatoms. The first kappa shape index (κ1) is 16.5. The molecule has 20 heavy (non-hydrogen) atoms. The van der Waals surface area contributed by atoms with E-state index in [1.807, 2.05) is 0 Å². The van der Waals surface area contributed by atoms with Crippen LogP contribution in [0.15, 0.2) is 0 Å². The smallest absolute Gasteiger partial charge is 0.334 e. The molecule has 0 aromatic heterocycles. The number of hydrogen-bond donors (Lipinski definition) is 1. The summed E-state index contributed by atoms with van der Waals surface area (Å²) < 4.78 is 11.8. The van der Waals surface area contributed by atoms with Crippen LogP contribution in [-0.4, -0.2) is 42.5 Å². The molecule has 1 saturated carbocycles. The number of aliphatic hydroxyl groups excluding tert-OH is 1. The highest BCUT2D eigenvalue weighted by Gasteiger charge is 2.54. The van der Waals surface area contributed by atoms with Crippen molar-refractivity contribution in [3.05, 3.63) is 0 Å². The van der Waals surface area contributed by atoms with Crippen molar-refractivity contribution in [3.8, 4) is 0 Å². The van der Waals surface area contributed by atoms with Gasteiger partial charge in [0.15, 0.2) is 8.32 Å². The van der Waals surface area contributed by atoms with Crippen LogP contribution in [0.2, 0.25) is 18.1 Å². The molecule has 1 aliphatic heterocycles. The Morgan fingerprint density at radius 3 is 2.50 bits per heavy atom. The maximum Gasteiger partial charge on any atom is 0.334 e. The van der Waals surface area contributed by atoms with Crippen LogP contribution >= 0.6 is 15.9 Å². The van der Waals surface area contributed by atoms with Crippen LogP contribution in [0.1, 0.15) is 33.6 Å². The lowest BCUT2D eigenvalue weighted by molar-refractivity contribution is -0.147. The summed E-state index contributed by atoms with van der Waals surface area (Å²) in [6.45, 7) is 10.8. The molecular weight excluding hydrogens is 340 g/mol. The van der Waals surface area contributed by atoms with E-state index in [4.69, 9.17) is 9.16 Å². The molecule has 1 saturated heterocycles. The van der Waals surface area contributed by atoms with Gasteiger partial charge in [0, 0.05) is 5.92 Å². The highest BCUT2D eigenvalue weighted by Crippen LogP contribution is 2.44. The lowest BCUT2D eigenvalue weighted by atomic mass is 9.83. The zero-order valence-electron chi connectivity index (χ0n) is 12.9. The Morgan fingerprint density at radius 2 is 1.95 bits per heavy atom. The fourth-order valence-corrected chi connectivity index (χ4v) is 4.65. The molecule has 4 nitrogen and oxygen atoms in total. The van der Waals surface area contributed by atoms with E-state index >= 15 is 0 Å². The van der Waals surface area contributed by atoms with E-state index in [1.165, 1.54) is 0 Å². The fraction of sp³-hybridized carbons (Fsp3) is 0.929. The molecule has 1 aliphatic carbocycles. The number of rotatable bonds is 2. The number of aliphatic hydroxyl groups is 1. The summed E-state index contributed by atoms with van der Waals surface area (Å²) in [5.41, 5.74) is 0. The summed E-state index contributed by atoms with van der Waals surface area (Å²) in [5.74, 6) is -0.201. The standard InChI is InChI=1S/C14H25BrO4Si/c1-14(2,3)20(4,5)19-12-8-6-7-9(16)10(15)11(8)18-13(12)17/h8-12,16H,6-7H2,1-5H3/t8-,9-,10+,11-,12+/m1/s1. The molecule has 5 atom stereocenters. The maximum atomic E-state index is 12.2. The normalized spacial score (nSPS) is 38.5. The van der Waals surface area contributed by atoms with Gasteiger partial charge in [-0.2, -0.15) is 0 Å². The van der Waals surface area contributed by atoms with Crippen molar-refractivity contribution < 1.29 is 19.1 Å². The van der Waals surface area contributed by atoms with Gasteiger partial charge in [-0.15, -0.1) is 0 Å². The molecule has 0 radical (unpaired) electrons. The third kappa shape index (κ3) is 2.84. The van der Waals surface area contributed by atoms with Gasteiger partial charge >= 0.3 is 5.97 Å². The number of carbonyl (C=O) groups excluding carboxylic acids is 1. The minimum atomic E-state index is -2.01. The number of fused-ring (bicyclic) bond motifs is 1. The highest BCUT2D eigenvalue weighted by atomic mass is 79.9. The molecule has 2 aliphatic rings. The molecule has 1 N–H and O–H groups in total. The first-order chi connectivity index (χ1) is 9.04. The largest absolute Gasteiger partial charge is 0.459 e. The van der Waals surface area contributed by atoms with Gasteiger partial charge in [0.2, 0.25) is 0 Å². The lowest BCUT2D eigenvalue weighted by Gasteiger charge is -2.40. The van der Waals surface area contributed by atoms with E-state index in [0.717, 1.165) is 6.42 Å². The van der Waals surface area contributed by atoms with Crippen LogP contribution in [0.25, 0.3) is 0 Å². The molecule has 0 bridgehead atoms. The molecule has 2 fully saturated rings. The van der Waals surface area contributed by atoms with Gasteiger partial charge in [-0.1, -0.05) is 36.7 Å². The van der Waals surface area contributed by atoms with Crippen molar-refractivity contribution in [3.63, 3.8) is 0 Å². The zero-order chi connectivity index (χ0) is 15.3. The van der Waals surface area contributed by atoms with E-state index in [1.54, 1.807) is 0 Å². The average Bonchev–Trinajstić information content (AvgIpc) is 2.60. The second-order valence-electron chi connectivity index (χ2n) is 7.45. The quantitative estimate of drug-likeness (QED) is 0.465. The van der Waals surface area contributed by atoms with Crippen molar-refractivity contribution >= 4 is 30.2 Å². The SMILES string of the molecule is CC(C)(C)[Si](C)(C)O[C@@H]1C(=O)O[C@H]2[C@@H](Br)[C@H](O)CC[C@H]21. The van der Waals surface area contributed by atoms with Crippen molar-refractivity contribution in [1.82, 2.24) is 0 Å². The number of halogens is 1. The van der Waals surface area contributed by atoms with Gasteiger partial charge < -0.3 is 14.3 Å². The molecule has 0 spiro atoms. The summed E-state index contributed by atoms with van der Waals surface area (Å²) in [5, 5.41) is 9.95. The number of alkyl halides is 1. The number of carbonyl (C=O) groups is 1. The summed E-state index contributed by atoms with van der Waals surface area (Å²) in [6.07, 6.45) is 0.287. The van der Waals surface area contributed by atoms with Crippen LogP contribution in [0.3, 0.4) is 0 Å². The summed E-state index contributed by atoms with van der Waals surface area (Å²) in [4.78, 5) is 12.0. The first-order valence-corrected chi connectivity index (χ1v) is 11.1. The van der Waals surface area contributed by atoms with Gasteiger partial charge in [0.1, 0.15) is 12.2 Å². The van der Waals surface area contributed by atoms with Crippen molar-refractivity contribution in [1.29, 1.82) is 0 Å². The second kappa shape index (κ2) is 5.37. The van der Waals surface area contributed by atoms with E-state index in [0.29, 0.717) is 6.42 Å². The zero-order valence-corrected chi connectivity index (χ0v) is 15.4. The lowest BCUT2D eigenvalue weighted by Crippen LogP contribution is -2.49. The van der Waals surface area contributed by atoms with Gasteiger partial charge in [-0.25, -0.2) is 4.79 Å². The Balaban J connectivity index is 2.16. The average molecular weight is 365 g/mol.